The molecule has 44 heavy (non-hydrogen) atoms. The lowest BCUT2D eigenvalue weighted by Crippen LogP contribution is -2.56. The van der Waals surface area contributed by atoms with Crippen molar-refractivity contribution in [1.82, 2.24) is 5.32 Å². The van der Waals surface area contributed by atoms with Crippen LogP contribution in [0.25, 0.3) is 0 Å². The average Bonchev–Trinajstić information content (AvgIpc) is 3.22. The van der Waals surface area contributed by atoms with Crippen molar-refractivity contribution in [3.8, 4) is 0 Å². The summed E-state index contributed by atoms with van der Waals surface area (Å²) in [4.78, 5) is 54.5. The van der Waals surface area contributed by atoms with Gasteiger partial charge in [-0.1, -0.05) is 48.0 Å². The highest BCUT2D eigenvalue weighted by Gasteiger charge is 2.53. The number of nitrogens with one attached hydrogen (secondary N) is 3. The van der Waals surface area contributed by atoms with Crippen LogP contribution in [0.3, 0.4) is 0 Å². The van der Waals surface area contributed by atoms with E-state index in [1.54, 1.807) is 60.7 Å². The molecule has 0 spiro atoms. The first-order valence-electron chi connectivity index (χ1n) is 14.4. The van der Waals surface area contributed by atoms with Crippen molar-refractivity contribution in [3.05, 3.63) is 89.5 Å². The standard InChI is InChI=1S/C33H38N4O7/c1-5-43-30(44-6-2)21-37-27-10-8-7-9-26(27)33(31(37)40,36-32(41)35-25-15-11-22(3)12-16-25)20-28(38)34-24-17-13-23(14-18-24)19-29(39)42-4/h7-18,30H,5-6,19-21H2,1-4H3,(H,34,38)(H2,35,36,41). The summed E-state index contributed by atoms with van der Waals surface area (Å²) in [6, 6.07) is 20.3. The maximum atomic E-state index is 14.4. The molecule has 11 heteroatoms. The van der Waals surface area contributed by atoms with Gasteiger partial charge in [0.15, 0.2) is 11.8 Å². The third kappa shape index (κ3) is 7.61. The maximum absolute atomic E-state index is 14.4. The topological polar surface area (TPSA) is 135 Å². The Hall–Kier alpha value is -4.74. The Kier molecular flexibility index (Phi) is 10.7. The van der Waals surface area contributed by atoms with Gasteiger partial charge in [0.2, 0.25) is 5.91 Å². The zero-order chi connectivity index (χ0) is 31.7. The largest absolute Gasteiger partial charge is 0.469 e. The van der Waals surface area contributed by atoms with Crippen molar-refractivity contribution in [1.29, 1.82) is 0 Å². The molecule has 3 aromatic rings. The highest BCUT2D eigenvalue weighted by atomic mass is 16.7. The van der Waals surface area contributed by atoms with E-state index in [9.17, 15) is 19.2 Å². The van der Waals surface area contributed by atoms with E-state index in [1.165, 1.54) is 12.0 Å². The van der Waals surface area contributed by atoms with Crippen LogP contribution < -0.4 is 20.9 Å². The number of rotatable bonds is 13. The Balaban J connectivity index is 1.65. The highest BCUT2D eigenvalue weighted by Crippen LogP contribution is 2.43. The van der Waals surface area contributed by atoms with Crippen LogP contribution in [-0.2, 0) is 40.6 Å². The van der Waals surface area contributed by atoms with Gasteiger partial charge in [0.1, 0.15) is 0 Å². The van der Waals surface area contributed by atoms with E-state index >= 15 is 0 Å². The number of hydrogen-bond donors (Lipinski definition) is 3. The summed E-state index contributed by atoms with van der Waals surface area (Å²) >= 11 is 0. The summed E-state index contributed by atoms with van der Waals surface area (Å²) in [6.45, 7) is 6.40. The summed E-state index contributed by atoms with van der Waals surface area (Å²) in [6.07, 6.45) is -1.01. The SMILES string of the molecule is CCOC(CN1C(=O)C(CC(=O)Nc2ccc(CC(=O)OC)cc2)(NC(=O)Nc2ccc(C)cc2)c2ccccc21)OCC. The van der Waals surface area contributed by atoms with Gasteiger partial charge in [-0.25, -0.2) is 4.79 Å². The van der Waals surface area contributed by atoms with Crippen LogP contribution in [0.4, 0.5) is 21.9 Å². The molecule has 3 aromatic carbocycles. The molecule has 4 amide bonds. The normalized spacial score (nSPS) is 15.6. The zero-order valence-electron chi connectivity index (χ0n) is 25.3. The number of esters is 1. The Morgan fingerprint density at radius 2 is 1.48 bits per heavy atom. The molecule has 0 aromatic heterocycles. The summed E-state index contributed by atoms with van der Waals surface area (Å²) in [5, 5.41) is 8.44. The molecule has 0 bridgehead atoms. The molecule has 4 rings (SSSR count). The number of nitrogens with zero attached hydrogens (tertiary/aromatic N) is 1. The van der Waals surface area contributed by atoms with Crippen LogP contribution in [0.1, 0.15) is 37.0 Å². The second-order valence-electron chi connectivity index (χ2n) is 10.3. The molecule has 232 valence electrons. The minimum atomic E-state index is -1.73. The number of para-hydroxylation sites is 1. The van der Waals surface area contributed by atoms with Gasteiger partial charge in [0.25, 0.3) is 5.91 Å². The van der Waals surface area contributed by atoms with Gasteiger partial charge < -0.3 is 35.1 Å². The number of carbonyl (C=O) groups excluding carboxylic acids is 4. The third-order valence-electron chi connectivity index (χ3n) is 7.18. The lowest BCUT2D eigenvalue weighted by Gasteiger charge is -2.30. The molecule has 11 nitrogen and oxygen atoms in total. The summed E-state index contributed by atoms with van der Waals surface area (Å²) in [5.74, 6) is -1.37. The maximum Gasteiger partial charge on any atom is 0.320 e. The van der Waals surface area contributed by atoms with E-state index in [4.69, 9.17) is 14.2 Å². The number of methoxy groups -OCH3 is 1. The summed E-state index contributed by atoms with van der Waals surface area (Å²) in [5.41, 5.74) is 2.01. The number of benzene rings is 3. The molecule has 1 heterocycles. The van der Waals surface area contributed by atoms with Gasteiger partial charge in [-0.05, 0) is 56.7 Å². The predicted octanol–water partition coefficient (Wildman–Crippen LogP) is 4.50. The van der Waals surface area contributed by atoms with Crippen LogP contribution in [0.5, 0.6) is 0 Å². The Morgan fingerprint density at radius 3 is 2.11 bits per heavy atom. The van der Waals surface area contributed by atoms with Crippen molar-refractivity contribution in [2.24, 2.45) is 0 Å². The molecule has 0 aliphatic carbocycles. The molecule has 1 aliphatic rings. The molecular formula is C33H38N4O7. The first-order valence-corrected chi connectivity index (χ1v) is 14.4. The Labute approximate surface area is 256 Å². The van der Waals surface area contributed by atoms with Gasteiger partial charge >= 0.3 is 12.0 Å². The van der Waals surface area contributed by atoms with Gasteiger partial charge in [0.05, 0.1) is 32.2 Å². The van der Waals surface area contributed by atoms with Crippen molar-refractivity contribution >= 4 is 40.9 Å². The minimum Gasteiger partial charge on any atom is -0.469 e. The number of amides is 4. The molecular weight excluding hydrogens is 564 g/mol. The van der Waals surface area contributed by atoms with Crippen LogP contribution in [0, 0.1) is 6.92 Å². The van der Waals surface area contributed by atoms with E-state index in [1.807, 2.05) is 32.9 Å². The number of ether oxygens (including phenoxy) is 3. The molecule has 1 atom stereocenters. The predicted molar refractivity (Wildman–Crippen MR) is 166 cm³/mol. The van der Waals surface area contributed by atoms with Crippen molar-refractivity contribution in [2.45, 2.75) is 45.4 Å². The average molecular weight is 603 g/mol. The van der Waals surface area contributed by atoms with Crippen molar-refractivity contribution in [2.75, 3.05) is 42.4 Å². The first-order chi connectivity index (χ1) is 21.2. The fourth-order valence-electron chi connectivity index (χ4n) is 5.10. The van der Waals surface area contributed by atoms with Crippen LogP contribution in [-0.4, -0.2) is 57.0 Å². The monoisotopic (exact) mass is 602 g/mol. The van der Waals surface area contributed by atoms with Crippen molar-refractivity contribution < 1.29 is 33.4 Å². The quantitative estimate of drug-likeness (QED) is 0.194. The fraction of sp³-hybridized carbons (Fsp3) is 0.333. The second kappa shape index (κ2) is 14.6. The molecule has 0 saturated heterocycles. The third-order valence-corrected chi connectivity index (χ3v) is 7.18. The molecule has 1 aliphatic heterocycles. The Bertz CT molecular complexity index is 1470. The number of carbonyl (C=O) groups is 4. The van der Waals surface area contributed by atoms with E-state index in [2.05, 4.69) is 16.0 Å². The van der Waals surface area contributed by atoms with E-state index < -0.39 is 36.1 Å². The van der Waals surface area contributed by atoms with Gasteiger partial charge in [0, 0.05) is 30.2 Å². The number of anilines is 3. The lowest BCUT2D eigenvalue weighted by molar-refractivity contribution is -0.139. The lowest BCUT2D eigenvalue weighted by atomic mass is 9.87. The van der Waals surface area contributed by atoms with E-state index in [0.29, 0.717) is 35.8 Å². The van der Waals surface area contributed by atoms with Crippen molar-refractivity contribution in [3.63, 3.8) is 0 Å². The number of urea groups is 1. The van der Waals surface area contributed by atoms with E-state index in [-0.39, 0.29) is 18.9 Å². The second-order valence-corrected chi connectivity index (χ2v) is 10.3. The Morgan fingerprint density at radius 1 is 0.864 bits per heavy atom. The highest BCUT2D eigenvalue weighted by molar-refractivity contribution is 6.12. The summed E-state index contributed by atoms with van der Waals surface area (Å²) in [7, 11) is 1.32. The molecule has 1 unspecified atom stereocenters. The number of aryl methyl sites for hydroxylation is 1. The van der Waals surface area contributed by atoms with E-state index in [0.717, 1.165) is 11.1 Å². The number of fused-ring (bicyclic) bond motifs is 1. The first kappa shape index (κ1) is 32.2. The molecule has 0 fully saturated rings. The smallest absolute Gasteiger partial charge is 0.320 e. The van der Waals surface area contributed by atoms with Gasteiger partial charge in [-0.15, -0.1) is 0 Å². The van der Waals surface area contributed by atoms with Gasteiger partial charge in [-0.2, -0.15) is 0 Å². The zero-order valence-corrected chi connectivity index (χ0v) is 25.3. The molecule has 3 N–H and O–H groups in total. The molecule has 0 saturated carbocycles. The fourth-order valence-corrected chi connectivity index (χ4v) is 5.10. The van der Waals surface area contributed by atoms with Crippen LogP contribution in [0.2, 0.25) is 0 Å². The molecule has 0 radical (unpaired) electrons. The number of hydrogen-bond acceptors (Lipinski definition) is 7. The van der Waals surface area contributed by atoms with Crippen LogP contribution >= 0.6 is 0 Å². The minimum absolute atomic E-state index is 0.0593. The summed E-state index contributed by atoms with van der Waals surface area (Å²) < 4.78 is 16.2. The van der Waals surface area contributed by atoms with Gasteiger partial charge in [-0.3, -0.25) is 14.4 Å². The van der Waals surface area contributed by atoms with Crippen LogP contribution in [0.15, 0.2) is 72.8 Å².